The third-order valence-electron chi connectivity index (χ3n) is 3.48. The molecule has 1 N–H and O–H groups in total. The second kappa shape index (κ2) is 8.34. The Bertz CT molecular complexity index is 502. The summed E-state index contributed by atoms with van der Waals surface area (Å²) >= 11 is 0. The Morgan fingerprint density at radius 3 is 2.10 bits per heavy atom. The number of allylic oxidation sites excluding steroid dienone is 1. The Kier molecular flexibility index (Phi) is 6.07. The molecule has 1 heteroatoms. The first-order valence-electron chi connectivity index (χ1n) is 7.30. The molecule has 104 valence electrons. The Morgan fingerprint density at radius 1 is 0.900 bits per heavy atom. The number of benzene rings is 2. The summed E-state index contributed by atoms with van der Waals surface area (Å²) < 4.78 is 0. The van der Waals surface area contributed by atoms with Crippen molar-refractivity contribution in [2.45, 2.75) is 25.3 Å². The quantitative estimate of drug-likeness (QED) is 0.746. The highest BCUT2D eigenvalue weighted by molar-refractivity contribution is 5.18. The van der Waals surface area contributed by atoms with Crippen LogP contribution in [0.1, 0.15) is 17.5 Å². The summed E-state index contributed by atoms with van der Waals surface area (Å²) in [6, 6.07) is 21.7. The molecular weight excluding hydrogens is 242 g/mol. The fourth-order valence-electron chi connectivity index (χ4n) is 2.29. The minimum absolute atomic E-state index is 0.410. The zero-order valence-corrected chi connectivity index (χ0v) is 12.1. The van der Waals surface area contributed by atoms with Gasteiger partial charge >= 0.3 is 0 Å². The van der Waals surface area contributed by atoms with Crippen LogP contribution in [0.3, 0.4) is 0 Å². The molecule has 0 aliphatic carbocycles. The van der Waals surface area contributed by atoms with Crippen molar-refractivity contribution in [3.05, 3.63) is 83.9 Å². The van der Waals surface area contributed by atoms with Crippen molar-refractivity contribution in [2.24, 2.45) is 0 Å². The highest BCUT2D eigenvalue weighted by Crippen LogP contribution is 2.06. The summed E-state index contributed by atoms with van der Waals surface area (Å²) in [5.41, 5.74) is 2.78. The van der Waals surface area contributed by atoms with Crippen molar-refractivity contribution in [2.75, 3.05) is 7.05 Å². The van der Waals surface area contributed by atoms with E-state index in [9.17, 15) is 0 Å². The van der Waals surface area contributed by atoms with Gasteiger partial charge in [-0.3, -0.25) is 0 Å². The maximum atomic E-state index is 3.36. The molecule has 0 amide bonds. The van der Waals surface area contributed by atoms with Gasteiger partial charge in [-0.1, -0.05) is 72.8 Å². The number of hydrogen-bond donors (Lipinski definition) is 1. The second-order valence-electron chi connectivity index (χ2n) is 5.04. The lowest BCUT2D eigenvalue weighted by Gasteiger charge is -2.11. The Hall–Kier alpha value is -1.86. The second-order valence-corrected chi connectivity index (χ2v) is 5.04. The molecule has 0 aromatic heterocycles. The van der Waals surface area contributed by atoms with Crippen LogP contribution in [0.15, 0.2) is 72.8 Å². The van der Waals surface area contributed by atoms with Gasteiger partial charge in [-0.15, -0.1) is 0 Å². The predicted octanol–water partition coefficient (Wildman–Crippen LogP) is 4.01. The van der Waals surface area contributed by atoms with Crippen molar-refractivity contribution in [3.63, 3.8) is 0 Å². The zero-order valence-electron chi connectivity index (χ0n) is 12.1. The van der Waals surface area contributed by atoms with E-state index in [2.05, 4.69) is 78.1 Å². The molecule has 0 aliphatic rings. The van der Waals surface area contributed by atoms with Crippen LogP contribution < -0.4 is 5.32 Å². The Labute approximate surface area is 122 Å². The fraction of sp³-hybridized carbons (Fsp3) is 0.263. The van der Waals surface area contributed by atoms with E-state index in [1.54, 1.807) is 0 Å². The molecule has 1 atom stereocenters. The van der Waals surface area contributed by atoms with Crippen LogP contribution in [0, 0.1) is 0 Å². The van der Waals surface area contributed by atoms with E-state index in [4.69, 9.17) is 0 Å². The molecular formula is C19H23N. The smallest absolute Gasteiger partial charge is 0.0287 e. The summed E-state index contributed by atoms with van der Waals surface area (Å²) in [5, 5.41) is 3.36. The van der Waals surface area contributed by atoms with E-state index < -0.39 is 0 Å². The summed E-state index contributed by atoms with van der Waals surface area (Å²) in [7, 11) is 2.02. The largest absolute Gasteiger partial charge is 0.313 e. The minimum atomic E-state index is 0.410. The van der Waals surface area contributed by atoms with Crippen molar-refractivity contribution >= 4 is 0 Å². The molecule has 2 aromatic rings. The summed E-state index contributed by atoms with van der Waals surface area (Å²) in [6.45, 7) is 0. The number of aryl methyl sites for hydroxylation is 1. The van der Waals surface area contributed by atoms with Gasteiger partial charge in [-0.2, -0.15) is 0 Å². The maximum absolute atomic E-state index is 3.36. The number of rotatable bonds is 7. The molecule has 0 spiro atoms. The van der Waals surface area contributed by atoms with E-state index in [1.165, 1.54) is 11.1 Å². The van der Waals surface area contributed by atoms with E-state index in [-0.39, 0.29) is 0 Å². The molecule has 0 saturated heterocycles. The van der Waals surface area contributed by atoms with Gasteiger partial charge in [0.25, 0.3) is 0 Å². The lowest BCUT2D eigenvalue weighted by atomic mass is 10.0. The maximum Gasteiger partial charge on any atom is 0.0287 e. The zero-order chi connectivity index (χ0) is 14.0. The van der Waals surface area contributed by atoms with Gasteiger partial charge in [0, 0.05) is 6.04 Å². The van der Waals surface area contributed by atoms with Crippen molar-refractivity contribution in [1.29, 1.82) is 0 Å². The first kappa shape index (κ1) is 14.5. The van der Waals surface area contributed by atoms with Crippen molar-refractivity contribution in [3.8, 4) is 0 Å². The van der Waals surface area contributed by atoms with Crippen LogP contribution in [0.5, 0.6) is 0 Å². The SMILES string of the molecule is CN[C@@H](/C=C/CCc1ccccc1)Cc1ccccc1. The van der Waals surface area contributed by atoms with Gasteiger partial charge in [-0.05, 0) is 37.4 Å². The predicted molar refractivity (Wildman–Crippen MR) is 86.9 cm³/mol. The molecule has 0 fully saturated rings. The van der Waals surface area contributed by atoms with Crippen LogP contribution in [-0.2, 0) is 12.8 Å². The van der Waals surface area contributed by atoms with E-state index >= 15 is 0 Å². The molecule has 0 radical (unpaired) electrons. The number of nitrogens with one attached hydrogen (secondary N) is 1. The van der Waals surface area contributed by atoms with Crippen LogP contribution in [0.4, 0.5) is 0 Å². The molecule has 2 aromatic carbocycles. The highest BCUT2D eigenvalue weighted by atomic mass is 14.9. The Balaban J connectivity index is 1.79. The van der Waals surface area contributed by atoms with Gasteiger partial charge in [-0.25, -0.2) is 0 Å². The topological polar surface area (TPSA) is 12.0 Å². The van der Waals surface area contributed by atoms with Gasteiger partial charge in [0.15, 0.2) is 0 Å². The van der Waals surface area contributed by atoms with Crippen LogP contribution in [-0.4, -0.2) is 13.1 Å². The monoisotopic (exact) mass is 265 g/mol. The van der Waals surface area contributed by atoms with Gasteiger partial charge in [0.1, 0.15) is 0 Å². The molecule has 1 nitrogen and oxygen atoms in total. The first-order valence-corrected chi connectivity index (χ1v) is 7.30. The van der Waals surface area contributed by atoms with Crippen LogP contribution in [0.25, 0.3) is 0 Å². The third kappa shape index (κ3) is 5.02. The minimum Gasteiger partial charge on any atom is -0.313 e. The van der Waals surface area contributed by atoms with E-state index in [1.807, 2.05) is 7.05 Å². The summed E-state index contributed by atoms with van der Waals surface area (Å²) in [6.07, 6.45) is 7.82. The first-order chi connectivity index (χ1) is 9.88. The molecule has 20 heavy (non-hydrogen) atoms. The summed E-state index contributed by atoms with van der Waals surface area (Å²) in [5.74, 6) is 0. The molecule has 0 aliphatic heterocycles. The molecule has 0 heterocycles. The Morgan fingerprint density at radius 2 is 1.50 bits per heavy atom. The third-order valence-corrected chi connectivity index (χ3v) is 3.48. The van der Waals surface area contributed by atoms with E-state index in [0.717, 1.165) is 19.3 Å². The molecule has 0 saturated carbocycles. The van der Waals surface area contributed by atoms with Crippen molar-refractivity contribution < 1.29 is 0 Å². The standard InChI is InChI=1S/C19H23N/c1-20-19(16-18-13-6-3-7-14-18)15-9-8-12-17-10-4-2-5-11-17/h2-7,9-11,13-15,19-20H,8,12,16H2,1H3/b15-9+/t19-/m0/s1. The van der Waals surface area contributed by atoms with Crippen LogP contribution >= 0.6 is 0 Å². The molecule has 0 unspecified atom stereocenters. The fourth-order valence-corrected chi connectivity index (χ4v) is 2.29. The normalized spacial score (nSPS) is 12.7. The van der Waals surface area contributed by atoms with Gasteiger partial charge in [0.2, 0.25) is 0 Å². The lowest BCUT2D eigenvalue weighted by molar-refractivity contribution is 0.661. The van der Waals surface area contributed by atoms with Crippen LogP contribution in [0.2, 0.25) is 0 Å². The van der Waals surface area contributed by atoms with E-state index in [0.29, 0.717) is 6.04 Å². The summed E-state index contributed by atoms with van der Waals surface area (Å²) in [4.78, 5) is 0. The van der Waals surface area contributed by atoms with Gasteiger partial charge in [0.05, 0.1) is 0 Å². The number of likely N-dealkylation sites (N-methyl/N-ethyl adjacent to an activating group) is 1. The average molecular weight is 265 g/mol. The lowest BCUT2D eigenvalue weighted by Crippen LogP contribution is -2.25. The molecule has 0 bridgehead atoms. The highest BCUT2D eigenvalue weighted by Gasteiger charge is 2.02. The average Bonchev–Trinajstić information content (AvgIpc) is 2.52. The van der Waals surface area contributed by atoms with Crippen molar-refractivity contribution in [1.82, 2.24) is 5.32 Å². The van der Waals surface area contributed by atoms with Gasteiger partial charge < -0.3 is 5.32 Å². The molecule has 2 rings (SSSR count). The number of hydrogen-bond acceptors (Lipinski definition) is 1.